The Hall–Kier alpha value is -1.43. The summed E-state index contributed by atoms with van der Waals surface area (Å²) in [7, 11) is 0. The van der Waals surface area contributed by atoms with Crippen molar-refractivity contribution in [3.05, 3.63) is 12.2 Å². The molecule has 18 heavy (non-hydrogen) atoms. The van der Waals surface area contributed by atoms with Crippen LogP contribution in [-0.4, -0.2) is 28.3 Å². The second-order valence-corrected chi connectivity index (χ2v) is 5.03. The van der Waals surface area contributed by atoms with Crippen molar-refractivity contribution in [2.24, 2.45) is 5.92 Å². The van der Waals surface area contributed by atoms with E-state index in [1.165, 1.54) is 6.39 Å². The molecular weight excluding hydrogens is 234 g/mol. The Morgan fingerprint density at radius 1 is 1.50 bits per heavy atom. The summed E-state index contributed by atoms with van der Waals surface area (Å²) in [5.74, 6) is 0.595. The average Bonchev–Trinajstić information content (AvgIpc) is 2.95. The van der Waals surface area contributed by atoms with Gasteiger partial charge in [-0.25, -0.2) is 0 Å². The lowest BCUT2D eigenvalue weighted by Crippen LogP contribution is -2.39. The summed E-state index contributed by atoms with van der Waals surface area (Å²) in [5, 5.41) is 6.72. The van der Waals surface area contributed by atoms with Crippen LogP contribution in [0.2, 0.25) is 0 Å². The highest BCUT2D eigenvalue weighted by Crippen LogP contribution is 2.22. The molecule has 1 amide bonds. The highest BCUT2D eigenvalue weighted by molar-refractivity contribution is 5.81. The van der Waals surface area contributed by atoms with Crippen molar-refractivity contribution in [1.82, 2.24) is 15.5 Å². The molecule has 0 saturated carbocycles. The van der Waals surface area contributed by atoms with E-state index in [-0.39, 0.29) is 30.1 Å². The second kappa shape index (κ2) is 5.48. The van der Waals surface area contributed by atoms with Crippen LogP contribution in [-0.2, 0) is 9.53 Å². The van der Waals surface area contributed by atoms with Gasteiger partial charge in [-0.2, -0.15) is 4.98 Å². The number of nitrogens with zero attached hydrogens (tertiary/aromatic N) is 2. The number of hydrogen-bond acceptors (Lipinski definition) is 5. The number of hydrogen-bond donors (Lipinski definition) is 1. The van der Waals surface area contributed by atoms with Crippen molar-refractivity contribution in [2.45, 2.75) is 51.9 Å². The maximum Gasteiger partial charge on any atom is 0.249 e. The van der Waals surface area contributed by atoms with Crippen LogP contribution in [0.5, 0.6) is 0 Å². The maximum atomic E-state index is 12.1. The fourth-order valence-corrected chi connectivity index (χ4v) is 2.09. The molecule has 1 aliphatic rings. The smallest absolute Gasteiger partial charge is 0.249 e. The zero-order valence-electron chi connectivity index (χ0n) is 10.9. The van der Waals surface area contributed by atoms with Gasteiger partial charge < -0.3 is 14.6 Å². The van der Waals surface area contributed by atoms with Gasteiger partial charge in [0, 0.05) is 0 Å². The molecule has 2 rings (SSSR count). The molecular formula is C12H19N3O3. The van der Waals surface area contributed by atoms with Crippen LogP contribution >= 0.6 is 0 Å². The second-order valence-electron chi connectivity index (χ2n) is 5.03. The van der Waals surface area contributed by atoms with Crippen molar-refractivity contribution < 1.29 is 14.1 Å². The Bertz CT molecular complexity index is 391. The van der Waals surface area contributed by atoms with Gasteiger partial charge in [-0.15, -0.1) is 0 Å². The summed E-state index contributed by atoms with van der Waals surface area (Å²) in [6, 6.07) is -0.240. The van der Waals surface area contributed by atoms with Gasteiger partial charge in [-0.3, -0.25) is 4.79 Å². The molecule has 3 atom stereocenters. The minimum Gasteiger partial charge on any atom is -0.365 e. The van der Waals surface area contributed by atoms with Gasteiger partial charge in [0.25, 0.3) is 0 Å². The van der Waals surface area contributed by atoms with Crippen molar-refractivity contribution in [3.63, 3.8) is 0 Å². The quantitative estimate of drug-likeness (QED) is 0.878. The lowest BCUT2D eigenvalue weighted by Gasteiger charge is -2.21. The SMILES string of the molecule is CC(C)C(NC(=O)[C@@H]1CC[C@H](C)O1)c1ncon1. The molecule has 100 valence electrons. The third kappa shape index (κ3) is 2.87. The van der Waals surface area contributed by atoms with Crippen molar-refractivity contribution in [1.29, 1.82) is 0 Å². The molecule has 0 bridgehead atoms. The Balaban J connectivity index is 1.99. The van der Waals surface area contributed by atoms with E-state index in [2.05, 4.69) is 15.5 Å². The Morgan fingerprint density at radius 3 is 2.78 bits per heavy atom. The van der Waals surface area contributed by atoms with E-state index < -0.39 is 0 Å². The van der Waals surface area contributed by atoms with E-state index >= 15 is 0 Å². The maximum absolute atomic E-state index is 12.1. The minimum absolute atomic E-state index is 0.0946. The zero-order valence-corrected chi connectivity index (χ0v) is 10.9. The van der Waals surface area contributed by atoms with Crippen molar-refractivity contribution in [3.8, 4) is 0 Å². The van der Waals surface area contributed by atoms with Gasteiger partial charge in [-0.1, -0.05) is 19.0 Å². The molecule has 1 unspecified atom stereocenters. The summed E-state index contributed by atoms with van der Waals surface area (Å²) in [5.41, 5.74) is 0. The summed E-state index contributed by atoms with van der Waals surface area (Å²) >= 11 is 0. The predicted octanol–water partition coefficient (Wildman–Crippen LogP) is 1.45. The van der Waals surface area contributed by atoms with E-state index in [0.29, 0.717) is 5.82 Å². The standard InChI is InChI=1S/C12H19N3O3/c1-7(2)10(11-13-6-17-15-11)14-12(16)9-5-4-8(3)18-9/h6-10H,4-5H2,1-3H3,(H,14,16)/t8-,9-,10?/m0/s1. The van der Waals surface area contributed by atoms with Gasteiger partial charge in [0.1, 0.15) is 6.10 Å². The molecule has 1 fully saturated rings. The van der Waals surface area contributed by atoms with E-state index in [1.54, 1.807) is 0 Å². The van der Waals surface area contributed by atoms with Crippen LogP contribution in [0.25, 0.3) is 0 Å². The van der Waals surface area contributed by atoms with Gasteiger partial charge >= 0.3 is 0 Å². The van der Waals surface area contributed by atoms with Crippen LogP contribution < -0.4 is 5.32 Å². The molecule has 1 aliphatic heterocycles. The van der Waals surface area contributed by atoms with Gasteiger partial charge in [0.05, 0.1) is 12.1 Å². The molecule has 2 heterocycles. The molecule has 1 aromatic rings. The molecule has 1 saturated heterocycles. The lowest BCUT2D eigenvalue weighted by atomic mass is 10.0. The molecule has 0 spiro atoms. The average molecular weight is 253 g/mol. The fraction of sp³-hybridized carbons (Fsp3) is 0.750. The molecule has 0 aliphatic carbocycles. The first-order valence-electron chi connectivity index (χ1n) is 6.30. The normalized spacial score (nSPS) is 25.3. The first-order chi connectivity index (χ1) is 8.58. The number of carbonyl (C=O) groups is 1. The first-order valence-corrected chi connectivity index (χ1v) is 6.30. The number of aromatic nitrogens is 2. The number of nitrogens with one attached hydrogen (secondary N) is 1. The number of amides is 1. The Labute approximate surface area is 106 Å². The molecule has 1 aromatic heterocycles. The van der Waals surface area contributed by atoms with E-state index in [1.807, 2.05) is 20.8 Å². The van der Waals surface area contributed by atoms with Crippen LogP contribution in [0, 0.1) is 5.92 Å². The summed E-state index contributed by atoms with van der Waals surface area (Å²) in [6.45, 7) is 5.98. The monoisotopic (exact) mass is 253 g/mol. The highest BCUT2D eigenvalue weighted by Gasteiger charge is 2.31. The summed E-state index contributed by atoms with van der Waals surface area (Å²) < 4.78 is 10.3. The van der Waals surface area contributed by atoms with Gasteiger partial charge in [0.15, 0.2) is 5.82 Å². The summed E-state index contributed by atoms with van der Waals surface area (Å²) in [4.78, 5) is 16.1. The van der Waals surface area contributed by atoms with Gasteiger partial charge in [0.2, 0.25) is 12.3 Å². The molecule has 6 heteroatoms. The Kier molecular flexibility index (Phi) is 3.96. The molecule has 0 radical (unpaired) electrons. The first kappa shape index (κ1) is 13.0. The third-order valence-electron chi connectivity index (χ3n) is 3.15. The van der Waals surface area contributed by atoms with E-state index in [4.69, 9.17) is 9.26 Å². The minimum atomic E-state index is -0.354. The summed E-state index contributed by atoms with van der Waals surface area (Å²) in [6.07, 6.45) is 2.76. The highest BCUT2D eigenvalue weighted by atomic mass is 16.5. The van der Waals surface area contributed by atoms with Crippen LogP contribution in [0.3, 0.4) is 0 Å². The molecule has 1 N–H and O–H groups in total. The number of rotatable bonds is 4. The lowest BCUT2D eigenvalue weighted by molar-refractivity contribution is -0.132. The predicted molar refractivity (Wildman–Crippen MR) is 63.6 cm³/mol. The van der Waals surface area contributed by atoms with Crippen LogP contribution in [0.4, 0.5) is 0 Å². The van der Waals surface area contributed by atoms with Gasteiger partial charge in [-0.05, 0) is 25.7 Å². The van der Waals surface area contributed by atoms with Crippen LogP contribution in [0.1, 0.15) is 45.5 Å². The Morgan fingerprint density at radius 2 is 2.28 bits per heavy atom. The van der Waals surface area contributed by atoms with E-state index in [0.717, 1.165) is 12.8 Å². The zero-order chi connectivity index (χ0) is 13.1. The topological polar surface area (TPSA) is 77.2 Å². The van der Waals surface area contributed by atoms with Crippen molar-refractivity contribution in [2.75, 3.05) is 0 Å². The van der Waals surface area contributed by atoms with Crippen LogP contribution in [0.15, 0.2) is 10.9 Å². The number of carbonyl (C=O) groups excluding carboxylic acids is 1. The largest absolute Gasteiger partial charge is 0.365 e. The van der Waals surface area contributed by atoms with E-state index in [9.17, 15) is 4.79 Å². The molecule has 6 nitrogen and oxygen atoms in total. The third-order valence-corrected chi connectivity index (χ3v) is 3.15. The molecule has 0 aromatic carbocycles. The fourth-order valence-electron chi connectivity index (χ4n) is 2.09. The number of ether oxygens (including phenoxy) is 1. The van der Waals surface area contributed by atoms with Crippen molar-refractivity contribution >= 4 is 5.91 Å².